The minimum atomic E-state index is -4.10. The van der Waals surface area contributed by atoms with Gasteiger partial charge in [0.25, 0.3) is 10.0 Å². The molecule has 0 saturated carbocycles. The molecule has 0 aliphatic rings. The molecule has 0 aromatic carbocycles. The Balaban J connectivity index is 3.26. The number of nitrogens with one attached hydrogen (secondary N) is 1. The number of hydrogen-bond acceptors (Lipinski definition) is 7. The Kier molecular flexibility index (Phi) is 4.47. The topological polar surface area (TPSA) is 104 Å². The van der Waals surface area contributed by atoms with E-state index in [1.165, 1.54) is 25.6 Å². The monoisotopic (exact) mass is 321 g/mol. The Morgan fingerprint density at radius 1 is 1.40 bits per heavy atom. The number of thiazole rings is 1. The molecule has 0 spiro atoms. The van der Waals surface area contributed by atoms with Crippen LogP contribution < -0.4 is 0 Å². The predicted octanol–water partition coefficient (Wildman–Crippen LogP) is 1.61. The average molecular weight is 321 g/mol. The van der Waals surface area contributed by atoms with Crippen LogP contribution >= 0.6 is 11.3 Å². The number of nitrogens with zero attached hydrogens (tertiary/aromatic N) is 2. The second kappa shape index (κ2) is 5.30. The molecule has 0 aliphatic carbocycles. The number of aliphatic hydroxyl groups is 1. The third-order valence-electron chi connectivity index (χ3n) is 1.99. The molecule has 0 saturated heterocycles. The summed E-state index contributed by atoms with van der Waals surface area (Å²) in [7, 11) is -4.10. The Labute approximate surface area is 122 Å². The normalized spacial score (nSPS) is 13.1. The summed E-state index contributed by atoms with van der Waals surface area (Å²) in [5.74, 6) is 0. The number of amidine groups is 1. The fourth-order valence-corrected chi connectivity index (χ4v) is 3.81. The Morgan fingerprint density at radius 2 is 1.95 bits per heavy atom. The lowest BCUT2D eigenvalue weighted by Gasteiger charge is -2.35. The molecule has 114 valence electrons. The molecule has 0 fully saturated rings. The van der Waals surface area contributed by atoms with E-state index < -0.39 is 27.4 Å². The van der Waals surface area contributed by atoms with Gasteiger partial charge in [-0.2, -0.15) is 12.7 Å². The van der Waals surface area contributed by atoms with Crippen molar-refractivity contribution < 1.29 is 18.3 Å². The van der Waals surface area contributed by atoms with Crippen molar-refractivity contribution in [3.8, 4) is 0 Å². The molecular weight excluding hydrogens is 302 g/mol. The second-order valence-electron chi connectivity index (χ2n) is 5.60. The molecule has 1 aromatic rings. The van der Waals surface area contributed by atoms with Gasteiger partial charge in [-0.3, -0.25) is 10.4 Å². The Hall–Kier alpha value is -1.19. The van der Waals surface area contributed by atoms with Gasteiger partial charge in [-0.15, -0.1) is 11.3 Å². The first-order chi connectivity index (χ1) is 8.86. The van der Waals surface area contributed by atoms with Crippen molar-refractivity contribution in [1.29, 1.82) is 5.41 Å². The molecule has 0 atom stereocenters. The molecule has 1 rings (SSSR count). The first-order valence-corrected chi connectivity index (χ1v) is 8.11. The minimum Gasteiger partial charge on any atom is -0.459 e. The highest BCUT2D eigenvalue weighted by atomic mass is 32.2. The fourth-order valence-electron chi connectivity index (χ4n) is 1.40. The van der Waals surface area contributed by atoms with Crippen molar-refractivity contribution >= 4 is 27.4 Å². The molecule has 2 N–H and O–H groups in total. The van der Waals surface area contributed by atoms with Crippen LogP contribution in [0.2, 0.25) is 0 Å². The van der Waals surface area contributed by atoms with Crippen LogP contribution in [0.15, 0.2) is 15.9 Å². The smallest absolute Gasteiger partial charge is 0.301 e. The Bertz CT molecular complexity index is 568. The summed E-state index contributed by atoms with van der Waals surface area (Å²) in [6.45, 7) is 7.59. The van der Waals surface area contributed by atoms with Gasteiger partial charge in [-0.1, -0.05) is 0 Å². The molecular formula is C11H19N3O4S2. The summed E-state index contributed by atoms with van der Waals surface area (Å²) < 4.78 is 30.7. The van der Waals surface area contributed by atoms with Gasteiger partial charge in [-0.05, 0) is 34.6 Å². The van der Waals surface area contributed by atoms with Gasteiger partial charge in [0.2, 0.25) is 0 Å². The van der Waals surface area contributed by atoms with Gasteiger partial charge in [0, 0.05) is 0 Å². The largest absolute Gasteiger partial charge is 0.459 e. The van der Waals surface area contributed by atoms with Crippen LogP contribution in [0.3, 0.4) is 0 Å². The van der Waals surface area contributed by atoms with Gasteiger partial charge in [-0.25, -0.2) is 0 Å². The molecule has 1 heterocycles. The lowest BCUT2D eigenvalue weighted by Crippen LogP contribution is -2.52. The third kappa shape index (κ3) is 3.90. The predicted molar refractivity (Wildman–Crippen MR) is 76.0 cm³/mol. The second-order valence-corrected chi connectivity index (χ2v) is 8.50. The number of rotatable bonds is 3. The molecule has 0 bridgehead atoms. The fraction of sp³-hybridized carbons (Fsp3) is 0.636. The first-order valence-electron chi connectivity index (χ1n) is 5.79. The molecule has 7 nitrogen and oxygen atoms in total. The zero-order valence-electron chi connectivity index (χ0n) is 12.0. The van der Waals surface area contributed by atoms with E-state index in [9.17, 15) is 13.5 Å². The molecule has 9 heteroatoms. The van der Waals surface area contributed by atoms with Crippen molar-refractivity contribution in [1.82, 2.24) is 9.29 Å². The summed E-state index contributed by atoms with van der Waals surface area (Å²) in [5, 5.41) is 18.0. The quantitative estimate of drug-likeness (QED) is 0.500. The van der Waals surface area contributed by atoms with Crippen LogP contribution in [0.1, 0.15) is 34.6 Å². The number of ether oxygens (including phenoxy) is 1. The average Bonchev–Trinajstić information content (AvgIpc) is 2.62. The number of hydrogen-bond donors (Lipinski definition) is 2. The molecule has 0 radical (unpaired) electrons. The highest BCUT2D eigenvalue weighted by Gasteiger charge is 2.41. The summed E-state index contributed by atoms with van der Waals surface area (Å²) in [4.78, 5) is 3.71. The minimum absolute atomic E-state index is 0.0677. The van der Waals surface area contributed by atoms with E-state index >= 15 is 0 Å². The van der Waals surface area contributed by atoms with E-state index in [-0.39, 0.29) is 4.21 Å². The van der Waals surface area contributed by atoms with Gasteiger partial charge < -0.3 is 9.84 Å². The highest BCUT2D eigenvalue weighted by molar-refractivity contribution is 7.91. The van der Waals surface area contributed by atoms with Crippen molar-refractivity contribution in [2.24, 2.45) is 0 Å². The van der Waals surface area contributed by atoms with Crippen LogP contribution in [0, 0.1) is 5.41 Å². The zero-order chi connectivity index (χ0) is 15.8. The standard InChI is InChI=1S/C11H19N3O4S2/c1-10(2,3)18-9(12)14(11(4,5)15)20(16,17)8-6-13-7-19-8/h6-7,12,15H,1-5H3. The molecule has 0 aliphatic heterocycles. The van der Waals surface area contributed by atoms with E-state index in [1.54, 1.807) is 20.8 Å². The van der Waals surface area contributed by atoms with Gasteiger partial charge in [0.15, 0.2) is 9.93 Å². The molecule has 0 amide bonds. The van der Waals surface area contributed by atoms with E-state index in [4.69, 9.17) is 10.1 Å². The third-order valence-corrected chi connectivity index (χ3v) is 5.18. The van der Waals surface area contributed by atoms with Crippen molar-refractivity contribution in [2.45, 2.75) is 50.2 Å². The number of aromatic nitrogens is 1. The first kappa shape index (κ1) is 16.9. The van der Waals surface area contributed by atoms with Gasteiger partial charge in [0.05, 0.1) is 11.7 Å². The van der Waals surface area contributed by atoms with Crippen LogP contribution in [0.5, 0.6) is 0 Å². The van der Waals surface area contributed by atoms with E-state index in [2.05, 4.69) is 4.98 Å². The maximum atomic E-state index is 12.5. The highest BCUT2D eigenvalue weighted by Crippen LogP contribution is 2.27. The molecule has 1 aromatic heterocycles. The van der Waals surface area contributed by atoms with Crippen LogP contribution in [0.4, 0.5) is 0 Å². The Morgan fingerprint density at radius 3 is 2.30 bits per heavy atom. The van der Waals surface area contributed by atoms with Crippen molar-refractivity contribution in [2.75, 3.05) is 0 Å². The molecule has 20 heavy (non-hydrogen) atoms. The van der Waals surface area contributed by atoms with Crippen molar-refractivity contribution in [3.63, 3.8) is 0 Å². The summed E-state index contributed by atoms with van der Waals surface area (Å²) >= 11 is 0.906. The van der Waals surface area contributed by atoms with E-state index in [0.29, 0.717) is 4.31 Å². The summed E-state index contributed by atoms with van der Waals surface area (Å²) in [6, 6.07) is -0.640. The van der Waals surface area contributed by atoms with Crippen molar-refractivity contribution in [3.05, 3.63) is 11.7 Å². The molecule has 0 unspecified atom stereocenters. The van der Waals surface area contributed by atoms with Gasteiger partial charge >= 0.3 is 6.02 Å². The lowest BCUT2D eigenvalue weighted by atomic mass is 10.2. The van der Waals surface area contributed by atoms with Gasteiger partial charge in [0.1, 0.15) is 5.60 Å². The van der Waals surface area contributed by atoms with Crippen LogP contribution in [-0.4, -0.2) is 40.2 Å². The lowest BCUT2D eigenvalue weighted by molar-refractivity contribution is -0.0170. The number of sulfonamides is 1. The van der Waals surface area contributed by atoms with Crippen LogP contribution in [-0.2, 0) is 14.8 Å². The maximum absolute atomic E-state index is 12.5. The van der Waals surface area contributed by atoms with E-state index in [0.717, 1.165) is 11.3 Å². The van der Waals surface area contributed by atoms with E-state index in [1.807, 2.05) is 0 Å². The zero-order valence-corrected chi connectivity index (χ0v) is 13.7. The maximum Gasteiger partial charge on any atom is 0.301 e. The van der Waals surface area contributed by atoms with Crippen LogP contribution in [0.25, 0.3) is 0 Å². The SMILES string of the molecule is CC(C)(C)OC(=N)N(C(C)(C)O)S(=O)(=O)c1cncs1. The summed E-state index contributed by atoms with van der Waals surface area (Å²) in [5.41, 5.74) is -1.21. The summed E-state index contributed by atoms with van der Waals surface area (Å²) in [6.07, 6.45) is 1.17.